The molecule has 23 heavy (non-hydrogen) atoms. The van der Waals surface area contributed by atoms with Crippen LogP contribution in [0.15, 0.2) is 24.3 Å². The number of aryl methyl sites for hydroxylation is 4. The van der Waals surface area contributed by atoms with Gasteiger partial charge in [-0.2, -0.15) is 5.10 Å². The van der Waals surface area contributed by atoms with Gasteiger partial charge in [0, 0.05) is 25.2 Å². The lowest BCUT2D eigenvalue weighted by Gasteiger charge is -2.10. The number of benzene rings is 1. The number of nitrogens with zero attached hydrogens (tertiary/aromatic N) is 2. The van der Waals surface area contributed by atoms with E-state index in [1.54, 1.807) is 7.11 Å². The first-order valence-corrected chi connectivity index (χ1v) is 7.91. The summed E-state index contributed by atoms with van der Waals surface area (Å²) in [5, 5.41) is 7.33. The number of aromatic nitrogens is 2. The first-order valence-electron chi connectivity index (χ1n) is 7.91. The van der Waals surface area contributed by atoms with E-state index in [2.05, 4.69) is 23.4 Å². The third-order valence-electron chi connectivity index (χ3n) is 3.81. The van der Waals surface area contributed by atoms with E-state index in [0.29, 0.717) is 19.5 Å². The van der Waals surface area contributed by atoms with Crippen molar-refractivity contribution in [2.24, 2.45) is 0 Å². The molecule has 2 aromatic rings. The summed E-state index contributed by atoms with van der Waals surface area (Å²) in [6.45, 7) is 7.23. The van der Waals surface area contributed by atoms with Crippen molar-refractivity contribution >= 4 is 5.91 Å². The quantitative estimate of drug-likeness (QED) is 0.854. The molecule has 124 valence electrons. The summed E-state index contributed by atoms with van der Waals surface area (Å²) in [5.74, 6) is 0.914. The van der Waals surface area contributed by atoms with Gasteiger partial charge in [-0.15, -0.1) is 0 Å². The average Bonchev–Trinajstić information content (AvgIpc) is 2.83. The van der Waals surface area contributed by atoms with E-state index in [9.17, 15) is 4.79 Å². The SMILES string of the molecule is COc1ccc(C)cc1CCNC(=O)CCn1nc(C)cc1C. The molecule has 1 aromatic carbocycles. The standard InChI is InChI=1S/C18H25N3O2/c1-13-5-6-17(23-4)16(11-13)7-9-19-18(22)8-10-21-15(3)12-14(2)20-21/h5-6,11-12H,7-10H2,1-4H3,(H,19,22). The summed E-state index contributed by atoms with van der Waals surface area (Å²) < 4.78 is 7.23. The summed E-state index contributed by atoms with van der Waals surface area (Å²) in [7, 11) is 1.67. The first-order chi connectivity index (χ1) is 11.0. The van der Waals surface area contributed by atoms with Crippen LogP contribution in [0.1, 0.15) is 28.9 Å². The maximum atomic E-state index is 12.0. The highest BCUT2D eigenvalue weighted by molar-refractivity contribution is 5.75. The number of carbonyl (C=O) groups is 1. The number of amides is 1. The summed E-state index contributed by atoms with van der Waals surface area (Å²) in [6, 6.07) is 8.10. The second-order valence-electron chi connectivity index (χ2n) is 5.82. The number of hydrogen-bond acceptors (Lipinski definition) is 3. The third kappa shape index (κ3) is 4.84. The molecule has 0 atom stereocenters. The van der Waals surface area contributed by atoms with Gasteiger partial charge >= 0.3 is 0 Å². The molecule has 5 heteroatoms. The van der Waals surface area contributed by atoms with Gasteiger partial charge < -0.3 is 10.1 Å². The Morgan fingerprint density at radius 2 is 2.04 bits per heavy atom. The molecule has 0 aliphatic heterocycles. The van der Waals surface area contributed by atoms with Gasteiger partial charge in [0.1, 0.15) is 5.75 Å². The Bertz CT molecular complexity index is 677. The van der Waals surface area contributed by atoms with E-state index >= 15 is 0 Å². The van der Waals surface area contributed by atoms with Gasteiger partial charge in [0.15, 0.2) is 0 Å². The highest BCUT2D eigenvalue weighted by atomic mass is 16.5. The minimum absolute atomic E-state index is 0.0455. The second kappa shape index (κ2) is 7.81. The monoisotopic (exact) mass is 315 g/mol. The molecular formula is C18H25N3O2. The molecular weight excluding hydrogens is 290 g/mol. The van der Waals surface area contributed by atoms with Crippen LogP contribution in [-0.2, 0) is 17.8 Å². The maximum Gasteiger partial charge on any atom is 0.221 e. The maximum absolute atomic E-state index is 12.0. The molecule has 0 spiro atoms. The van der Waals surface area contributed by atoms with Gasteiger partial charge in [-0.1, -0.05) is 17.7 Å². The fraction of sp³-hybridized carbons (Fsp3) is 0.444. The molecule has 0 saturated heterocycles. The van der Waals surface area contributed by atoms with E-state index < -0.39 is 0 Å². The first kappa shape index (κ1) is 17.1. The molecule has 1 heterocycles. The van der Waals surface area contributed by atoms with Gasteiger partial charge in [0.2, 0.25) is 5.91 Å². The fourth-order valence-corrected chi connectivity index (χ4v) is 2.64. The summed E-state index contributed by atoms with van der Waals surface area (Å²) in [6.07, 6.45) is 1.20. The minimum atomic E-state index is 0.0455. The van der Waals surface area contributed by atoms with Gasteiger partial charge in [-0.05, 0) is 44.9 Å². The minimum Gasteiger partial charge on any atom is -0.496 e. The lowest BCUT2D eigenvalue weighted by atomic mass is 10.1. The predicted octanol–water partition coefficient (Wildman–Crippen LogP) is 2.57. The number of rotatable bonds is 7. The molecule has 0 saturated carbocycles. The number of methoxy groups -OCH3 is 1. The van der Waals surface area contributed by atoms with Gasteiger partial charge in [-0.3, -0.25) is 9.48 Å². The fourth-order valence-electron chi connectivity index (χ4n) is 2.64. The molecule has 0 aliphatic rings. The zero-order valence-electron chi connectivity index (χ0n) is 14.3. The van der Waals surface area contributed by atoms with Crippen LogP contribution in [0.2, 0.25) is 0 Å². The van der Waals surface area contributed by atoms with Crippen molar-refractivity contribution in [3.05, 3.63) is 46.8 Å². The van der Waals surface area contributed by atoms with Crippen LogP contribution in [0.3, 0.4) is 0 Å². The van der Waals surface area contributed by atoms with Gasteiger partial charge in [-0.25, -0.2) is 0 Å². The second-order valence-corrected chi connectivity index (χ2v) is 5.82. The number of nitrogens with one attached hydrogen (secondary N) is 1. The Labute approximate surface area is 137 Å². The third-order valence-corrected chi connectivity index (χ3v) is 3.81. The molecule has 0 unspecified atom stereocenters. The van der Waals surface area contributed by atoms with Crippen LogP contribution in [0.25, 0.3) is 0 Å². The van der Waals surface area contributed by atoms with Crippen molar-refractivity contribution in [1.82, 2.24) is 15.1 Å². The molecule has 2 rings (SSSR count). The Morgan fingerprint density at radius 3 is 2.70 bits per heavy atom. The van der Waals surface area contributed by atoms with E-state index in [1.807, 2.05) is 36.7 Å². The van der Waals surface area contributed by atoms with Gasteiger partial charge in [0.25, 0.3) is 0 Å². The molecule has 5 nitrogen and oxygen atoms in total. The molecule has 0 fully saturated rings. The van der Waals surface area contributed by atoms with Crippen molar-refractivity contribution in [3.63, 3.8) is 0 Å². The highest BCUT2D eigenvalue weighted by Gasteiger charge is 2.07. The van der Waals surface area contributed by atoms with E-state index in [0.717, 1.165) is 29.1 Å². The van der Waals surface area contributed by atoms with Crippen molar-refractivity contribution in [1.29, 1.82) is 0 Å². The van der Waals surface area contributed by atoms with Crippen LogP contribution in [0.5, 0.6) is 5.75 Å². The zero-order chi connectivity index (χ0) is 16.8. The zero-order valence-corrected chi connectivity index (χ0v) is 14.3. The topological polar surface area (TPSA) is 56.1 Å². The van der Waals surface area contributed by atoms with Crippen molar-refractivity contribution in [2.75, 3.05) is 13.7 Å². The number of carbonyl (C=O) groups excluding carboxylic acids is 1. The Morgan fingerprint density at radius 1 is 1.26 bits per heavy atom. The lowest BCUT2D eigenvalue weighted by molar-refractivity contribution is -0.121. The molecule has 1 N–H and O–H groups in total. The Kier molecular flexibility index (Phi) is 5.79. The van der Waals surface area contributed by atoms with Crippen LogP contribution < -0.4 is 10.1 Å². The normalized spacial score (nSPS) is 10.6. The molecule has 1 amide bonds. The predicted molar refractivity (Wildman–Crippen MR) is 90.8 cm³/mol. The molecule has 0 radical (unpaired) electrons. The Hall–Kier alpha value is -2.30. The van der Waals surface area contributed by atoms with Crippen molar-refractivity contribution in [3.8, 4) is 5.75 Å². The highest BCUT2D eigenvalue weighted by Crippen LogP contribution is 2.19. The van der Waals surface area contributed by atoms with Crippen molar-refractivity contribution < 1.29 is 9.53 Å². The van der Waals surface area contributed by atoms with Crippen LogP contribution in [0.4, 0.5) is 0 Å². The number of ether oxygens (including phenoxy) is 1. The van der Waals surface area contributed by atoms with Gasteiger partial charge in [0.05, 0.1) is 12.8 Å². The van der Waals surface area contributed by atoms with E-state index in [-0.39, 0.29) is 5.91 Å². The summed E-state index contributed by atoms with van der Waals surface area (Å²) >= 11 is 0. The number of hydrogen-bond donors (Lipinski definition) is 1. The smallest absolute Gasteiger partial charge is 0.221 e. The molecule has 0 aliphatic carbocycles. The van der Waals surface area contributed by atoms with Crippen LogP contribution in [0, 0.1) is 20.8 Å². The molecule has 0 bridgehead atoms. The largest absolute Gasteiger partial charge is 0.496 e. The lowest BCUT2D eigenvalue weighted by Crippen LogP contribution is -2.27. The van der Waals surface area contributed by atoms with Crippen LogP contribution >= 0.6 is 0 Å². The van der Waals surface area contributed by atoms with Crippen LogP contribution in [-0.4, -0.2) is 29.3 Å². The van der Waals surface area contributed by atoms with E-state index in [4.69, 9.17) is 4.74 Å². The van der Waals surface area contributed by atoms with Crippen molar-refractivity contribution in [2.45, 2.75) is 40.2 Å². The Balaban J connectivity index is 1.79. The van der Waals surface area contributed by atoms with E-state index in [1.165, 1.54) is 5.56 Å². The average molecular weight is 315 g/mol. The summed E-state index contributed by atoms with van der Waals surface area (Å²) in [4.78, 5) is 12.0. The summed E-state index contributed by atoms with van der Waals surface area (Å²) in [5.41, 5.74) is 4.37. The molecule has 1 aromatic heterocycles.